The van der Waals surface area contributed by atoms with Crippen LogP contribution in [0.3, 0.4) is 0 Å². The summed E-state index contributed by atoms with van der Waals surface area (Å²) >= 11 is 0. The summed E-state index contributed by atoms with van der Waals surface area (Å²) in [6, 6.07) is 11.4. The number of nitrogens with zero attached hydrogens (tertiary/aromatic N) is 2. The van der Waals surface area contributed by atoms with Crippen LogP contribution in [0.5, 0.6) is 11.5 Å². The molecule has 2 amide bonds. The predicted octanol–water partition coefficient (Wildman–Crippen LogP) is 3.17. The van der Waals surface area contributed by atoms with Gasteiger partial charge < -0.3 is 24.6 Å². The zero-order valence-electron chi connectivity index (χ0n) is 21.0. The average Bonchev–Trinajstić information content (AvgIpc) is 2.91. The first-order chi connectivity index (χ1) is 18.2. The van der Waals surface area contributed by atoms with Gasteiger partial charge in [0.1, 0.15) is 11.1 Å². The fraction of sp³-hybridized carbons (Fsp3) is 0.423. The topological polar surface area (TPSA) is 158 Å². The molecule has 38 heavy (non-hydrogen) atoms. The minimum atomic E-state index is -1.24. The van der Waals surface area contributed by atoms with Crippen molar-refractivity contribution in [2.45, 2.75) is 49.8 Å². The van der Waals surface area contributed by atoms with Gasteiger partial charge in [0.2, 0.25) is 5.91 Å². The van der Waals surface area contributed by atoms with Crippen molar-refractivity contribution in [3.05, 3.63) is 63.7 Å². The first kappa shape index (κ1) is 26.7. The van der Waals surface area contributed by atoms with Gasteiger partial charge in [0.25, 0.3) is 5.69 Å². The third-order valence-corrected chi connectivity index (χ3v) is 7.20. The Bertz CT molecular complexity index is 1230. The van der Waals surface area contributed by atoms with E-state index in [-0.39, 0.29) is 42.4 Å². The Labute approximate surface area is 218 Å². The highest BCUT2D eigenvalue weighted by Crippen LogP contribution is 2.41. The number of piperazine rings is 1. The first-order valence-electron chi connectivity index (χ1n) is 12.2. The number of amides is 2. The van der Waals surface area contributed by atoms with Crippen molar-refractivity contribution in [2.24, 2.45) is 0 Å². The maximum Gasteiger partial charge on any atom is 0.408 e. The molecule has 2 aliphatic rings. The molecule has 1 aliphatic carbocycles. The second-order valence-electron chi connectivity index (χ2n) is 9.32. The quantitative estimate of drug-likeness (QED) is 0.313. The van der Waals surface area contributed by atoms with E-state index in [2.05, 4.69) is 10.1 Å². The Kier molecular flexibility index (Phi) is 7.70. The number of hydrogen-bond acceptors (Lipinski definition) is 8. The summed E-state index contributed by atoms with van der Waals surface area (Å²) in [6.07, 6.45) is -0.0167. The largest absolute Gasteiger partial charge is 0.493 e. The number of carbonyl (C=O) groups is 3. The predicted molar refractivity (Wildman–Crippen MR) is 133 cm³/mol. The molecule has 1 spiro atoms. The third-order valence-electron chi connectivity index (χ3n) is 7.20. The number of carbonyl (C=O) groups excluding carboxylic acids is 2. The highest BCUT2D eigenvalue weighted by molar-refractivity contribution is 5.95. The minimum Gasteiger partial charge on any atom is -0.493 e. The standard InChI is InChI=1S/C26H29N3O9/c1-36-21-14-20(29(34)35)19(23(30)37-2)13-22(21)38-18-8-10-26(11-9-18)24(31)27-15-17(28(26)25(32)33)12-16-6-4-3-5-7-16/h3-7,13-14,17-18H,8-12,15H2,1-2H3,(H,27,31)(H,32,33). The second-order valence-corrected chi connectivity index (χ2v) is 9.32. The molecular formula is C26H29N3O9. The van der Waals surface area contributed by atoms with Crippen molar-refractivity contribution in [3.63, 3.8) is 0 Å². The minimum absolute atomic E-state index is 0.0649. The van der Waals surface area contributed by atoms with Gasteiger partial charge in [-0.2, -0.15) is 0 Å². The van der Waals surface area contributed by atoms with E-state index in [1.54, 1.807) is 0 Å². The Hall–Kier alpha value is -4.35. The zero-order valence-corrected chi connectivity index (χ0v) is 21.0. The molecule has 1 heterocycles. The van der Waals surface area contributed by atoms with Crippen LogP contribution in [0.1, 0.15) is 41.6 Å². The van der Waals surface area contributed by atoms with Crippen LogP contribution in [0.25, 0.3) is 0 Å². The number of nitrogens with one attached hydrogen (secondary N) is 1. The van der Waals surface area contributed by atoms with Gasteiger partial charge in [-0.3, -0.25) is 19.8 Å². The molecule has 0 bridgehead atoms. The zero-order chi connectivity index (χ0) is 27.4. The molecule has 2 aromatic carbocycles. The summed E-state index contributed by atoms with van der Waals surface area (Å²) in [5, 5.41) is 24.5. The molecule has 1 saturated carbocycles. The number of hydrogen-bond donors (Lipinski definition) is 2. The summed E-state index contributed by atoms with van der Waals surface area (Å²) in [6.45, 7) is 0.220. The SMILES string of the molecule is COC(=O)c1cc(OC2CCC3(CC2)C(=O)NCC(Cc2ccccc2)N3C(=O)O)c(OC)cc1[N+](=O)[O-]. The van der Waals surface area contributed by atoms with Gasteiger partial charge in [0.05, 0.1) is 37.4 Å². The smallest absolute Gasteiger partial charge is 0.408 e. The summed E-state index contributed by atoms with van der Waals surface area (Å²) in [5.74, 6) is -1.05. The van der Waals surface area contributed by atoms with Gasteiger partial charge in [-0.05, 0) is 37.7 Å². The van der Waals surface area contributed by atoms with Crippen LogP contribution in [0.2, 0.25) is 0 Å². The number of esters is 1. The van der Waals surface area contributed by atoms with E-state index < -0.39 is 40.4 Å². The van der Waals surface area contributed by atoms with Gasteiger partial charge in [-0.15, -0.1) is 0 Å². The molecule has 2 fully saturated rings. The Morgan fingerprint density at radius 3 is 2.42 bits per heavy atom. The molecule has 0 aromatic heterocycles. The van der Waals surface area contributed by atoms with Crippen molar-refractivity contribution in [1.29, 1.82) is 0 Å². The van der Waals surface area contributed by atoms with E-state index in [0.29, 0.717) is 19.3 Å². The molecular weight excluding hydrogens is 498 g/mol. The average molecular weight is 528 g/mol. The number of methoxy groups -OCH3 is 2. The lowest BCUT2D eigenvalue weighted by Gasteiger charge is -2.51. The Morgan fingerprint density at radius 2 is 1.84 bits per heavy atom. The van der Waals surface area contributed by atoms with Crippen LogP contribution in [-0.2, 0) is 16.0 Å². The van der Waals surface area contributed by atoms with Gasteiger partial charge >= 0.3 is 12.1 Å². The van der Waals surface area contributed by atoms with Crippen molar-refractivity contribution >= 4 is 23.7 Å². The van der Waals surface area contributed by atoms with Crippen LogP contribution in [0, 0.1) is 10.1 Å². The number of benzene rings is 2. The normalized spacial score (nSPS) is 22.9. The lowest BCUT2D eigenvalue weighted by Crippen LogP contribution is -2.71. The maximum atomic E-state index is 13.1. The molecule has 4 rings (SSSR count). The third kappa shape index (κ3) is 5.06. The van der Waals surface area contributed by atoms with Crippen molar-refractivity contribution in [1.82, 2.24) is 10.2 Å². The Balaban J connectivity index is 1.55. The maximum absolute atomic E-state index is 13.1. The second kappa shape index (κ2) is 11.0. The molecule has 202 valence electrons. The number of rotatable bonds is 7. The summed E-state index contributed by atoms with van der Waals surface area (Å²) < 4.78 is 16.0. The number of ether oxygens (including phenoxy) is 3. The monoisotopic (exact) mass is 527 g/mol. The first-order valence-corrected chi connectivity index (χ1v) is 12.2. The van der Waals surface area contributed by atoms with Crippen molar-refractivity contribution in [2.75, 3.05) is 20.8 Å². The molecule has 1 aliphatic heterocycles. The van der Waals surface area contributed by atoms with Crippen LogP contribution in [-0.4, -0.2) is 71.3 Å². The van der Waals surface area contributed by atoms with E-state index in [0.717, 1.165) is 18.7 Å². The van der Waals surface area contributed by atoms with Gasteiger partial charge in [0.15, 0.2) is 11.5 Å². The van der Waals surface area contributed by atoms with E-state index in [9.17, 15) is 29.6 Å². The molecule has 1 saturated heterocycles. The van der Waals surface area contributed by atoms with Crippen LogP contribution >= 0.6 is 0 Å². The lowest BCUT2D eigenvalue weighted by molar-refractivity contribution is -0.385. The fourth-order valence-electron chi connectivity index (χ4n) is 5.37. The molecule has 0 radical (unpaired) electrons. The van der Waals surface area contributed by atoms with E-state index >= 15 is 0 Å². The van der Waals surface area contributed by atoms with E-state index in [4.69, 9.17) is 9.47 Å². The van der Waals surface area contributed by atoms with Crippen molar-refractivity contribution < 1.29 is 38.6 Å². The molecule has 1 atom stereocenters. The molecule has 1 unspecified atom stereocenters. The lowest BCUT2D eigenvalue weighted by atomic mass is 9.75. The highest BCUT2D eigenvalue weighted by atomic mass is 16.6. The van der Waals surface area contributed by atoms with E-state index in [1.807, 2.05) is 30.3 Å². The molecule has 2 N–H and O–H groups in total. The summed E-state index contributed by atoms with van der Waals surface area (Å²) in [7, 11) is 2.44. The molecule has 12 nitrogen and oxygen atoms in total. The highest BCUT2D eigenvalue weighted by Gasteiger charge is 2.54. The fourth-order valence-corrected chi connectivity index (χ4v) is 5.37. The molecule has 12 heteroatoms. The van der Waals surface area contributed by atoms with Crippen LogP contribution in [0.4, 0.5) is 10.5 Å². The van der Waals surface area contributed by atoms with Gasteiger partial charge in [0, 0.05) is 12.6 Å². The number of nitro groups is 1. The van der Waals surface area contributed by atoms with Gasteiger partial charge in [-0.1, -0.05) is 30.3 Å². The van der Waals surface area contributed by atoms with E-state index in [1.165, 1.54) is 18.1 Å². The van der Waals surface area contributed by atoms with Gasteiger partial charge in [-0.25, -0.2) is 9.59 Å². The van der Waals surface area contributed by atoms with Crippen LogP contribution < -0.4 is 14.8 Å². The number of carboxylic acid groups (broad SMARTS) is 1. The Morgan fingerprint density at radius 1 is 1.16 bits per heavy atom. The molecule has 2 aromatic rings. The van der Waals surface area contributed by atoms with Crippen molar-refractivity contribution in [3.8, 4) is 11.5 Å². The summed E-state index contributed by atoms with van der Waals surface area (Å²) in [5.41, 5.74) is -1.03. The number of nitro benzene ring substituents is 1. The summed E-state index contributed by atoms with van der Waals surface area (Å²) in [4.78, 5) is 49.8. The van der Waals surface area contributed by atoms with Crippen LogP contribution in [0.15, 0.2) is 42.5 Å².